The van der Waals surface area contributed by atoms with Crippen molar-refractivity contribution in [3.8, 4) is 11.5 Å². The van der Waals surface area contributed by atoms with Crippen molar-refractivity contribution < 1.29 is 19.0 Å². The molecule has 0 N–H and O–H groups in total. The Labute approximate surface area is 184 Å². The van der Waals surface area contributed by atoms with Crippen molar-refractivity contribution in [3.63, 3.8) is 0 Å². The van der Waals surface area contributed by atoms with Crippen LogP contribution in [0.5, 0.6) is 11.5 Å². The van der Waals surface area contributed by atoms with Crippen LogP contribution >= 0.6 is 0 Å². The molecule has 0 unspecified atom stereocenters. The molecule has 2 aromatic heterocycles. The van der Waals surface area contributed by atoms with Gasteiger partial charge >= 0.3 is 5.97 Å². The highest BCUT2D eigenvalue weighted by Crippen LogP contribution is 2.25. The lowest BCUT2D eigenvalue weighted by Gasteiger charge is -2.05. The Kier molecular flexibility index (Phi) is 5.13. The van der Waals surface area contributed by atoms with Crippen LogP contribution in [0.25, 0.3) is 11.7 Å². The van der Waals surface area contributed by atoms with Gasteiger partial charge in [0.05, 0.1) is 18.4 Å². The molecule has 0 saturated heterocycles. The topological polar surface area (TPSA) is 74.4 Å². The molecule has 0 aliphatic carbocycles. The van der Waals surface area contributed by atoms with E-state index in [-0.39, 0.29) is 11.6 Å². The Morgan fingerprint density at radius 3 is 2.66 bits per heavy atom. The van der Waals surface area contributed by atoms with Gasteiger partial charge in [-0.05, 0) is 48.0 Å². The lowest BCUT2D eigenvalue weighted by Crippen LogP contribution is -2.06. The average molecular weight is 425 g/mol. The third kappa shape index (κ3) is 3.96. The van der Waals surface area contributed by atoms with Crippen molar-refractivity contribution in [1.29, 1.82) is 0 Å². The van der Waals surface area contributed by atoms with Crippen molar-refractivity contribution >= 4 is 23.6 Å². The van der Waals surface area contributed by atoms with Crippen LogP contribution < -0.4 is 9.47 Å². The molecule has 1 aliphatic heterocycles. The van der Waals surface area contributed by atoms with E-state index in [9.17, 15) is 4.79 Å². The number of cyclic esters (lactones) is 1. The normalized spacial score (nSPS) is 14.5. The number of hydrogen-bond acceptors (Lipinski definition) is 6. The van der Waals surface area contributed by atoms with Crippen molar-refractivity contribution in [2.24, 2.45) is 4.99 Å². The van der Waals surface area contributed by atoms with Crippen LogP contribution in [-0.2, 0) is 16.1 Å². The Balaban J connectivity index is 1.29. The van der Waals surface area contributed by atoms with Crippen molar-refractivity contribution in [1.82, 2.24) is 9.38 Å². The van der Waals surface area contributed by atoms with Crippen LogP contribution in [0.15, 0.2) is 89.8 Å². The molecule has 3 heterocycles. The number of rotatable bonds is 6. The van der Waals surface area contributed by atoms with Gasteiger partial charge in [-0.1, -0.05) is 30.3 Å². The van der Waals surface area contributed by atoms with E-state index in [0.717, 1.165) is 16.9 Å². The second-order valence-corrected chi connectivity index (χ2v) is 7.09. The Hall–Kier alpha value is -4.39. The van der Waals surface area contributed by atoms with Gasteiger partial charge in [-0.25, -0.2) is 14.8 Å². The number of benzene rings is 2. The summed E-state index contributed by atoms with van der Waals surface area (Å²) in [6.07, 6.45) is 5.57. The molecule has 0 saturated carbocycles. The first kappa shape index (κ1) is 19.6. The number of para-hydroxylation sites is 1. The summed E-state index contributed by atoms with van der Waals surface area (Å²) in [5.41, 5.74) is 3.38. The van der Waals surface area contributed by atoms with Gasteiger partial charge in [-0.3, -0.25) is 0 Å². The van der Waals surface area contributed by atoms with Gasteiger partial charge in [0.1, 0.15) is 23.8 Å². The largest absolute Gasteiger partial charge is 0.496 e. The minimum absolute atomic E-state index is 0.226. The highest BCUT2D eigenvalue weighted by molar-refractivity contribution is 6.13. The van der Waals surface area contributed by atoms with Crippen LogP contribution in [0.3, 0.4) is 0 Å². The van der Waals surface area contributed by atoms with Crippen LogP contribution in [0.1, 0.15) is 16.8 Å². The number of pyridine rings is 1. The van der Waals surface area contributed by atoms with Gasteiger partial charge in [-0.2, -0.15) is 0 Å². The van der Waals surface area contributed by atoms with Crippen LogP contribution in [0, 0.1) is 0 Å². The van der Waals surface area contributed by atoms with Gasteiger partial charge in [0.25, 0.3) is 0 Å². The predicted molar refractivity (Wildman–Crippen MR) is 120 cm³/mol. The monoisotopic (exact) mass is 425 g/mol. The highest BCUT2D eigenvalue weighted by atomic mass is 16.6. The fourth-order valence-electron chi connectivity index (χ4n) is 3.38. The Bertz CT molecular complexity index is 1320. The number of nitrogens with zero attached hydrogens (tertiary/aromatic N) is 3. The summed E-state index contributed by atoms with van der Waals surface area (Å²) in [5.74, 6) is 1.02. The van der Waals surface area contributed by atoms with E-state index in [1.165, 1.54) is 0 Å². The molecule has 7 heteroatoms. The number of ether oxygens (including phenoxy) is 3. The van der Waals surface area contributed by atoms with Gasteiger partial charge in [0.15, 0.2) is 5.70 Å². The Morgan fingerprint density at radius 2 is 1.84 bits per heavy atom. The van der Waals surface area contributed by atoms with Gasteiger partial charge < -0.3 is 18.6 Å². The molecular formula is C25H19N3O4. The lowest BCUT2D eigenvalue weighted by atomic mass is 10.2. The standard InChI is InChI=1S/C25H19N3O4/c1-30-22-7-3-2-6-20(22)24-27-21(25(29)32-24)14-17-9-11-19(12-10-17)31-16-18-15-28-13-5-4-8-23(28)26-18/h2-15H,16H2,1H3/b21-14-. The number of aromatic nitrogens is 2. The number of methoxy groups -OCH3 is 1. The molecule has 1 aliphatic rings. The molecule has 32 heavy (non-hydrogen) atoms. The number of carbonyl (C=O) groups excluding carboxylic acids is 1. The van der Waals surface area contributed by atoms with E-state index in [2.05, 4.69) is 9.98 Å². The van der Waals surface area contributed by atoms with E-state index in [0.29, 0.717) is 23.7 Å². The zero-order chi connectivity index (χ0) is 21.9. The van der Waals surface area contributed by atoms with E-state index >= 15 is 0 Å². The molecule has 4 aromatic rings. The van der Waals surface area contributed by atoms with Crippen LogP contribution in [0.2, 0.25) is 0 Å². The summed E-state index contributed by atoms with van der Waals surface area (Å²) < 4.78 is 18.5. The summed E-state index contributed by atoms with van der Waals surface area (Å²) in [6, 6.07) is 20.5. The highest BCUT2D eigenvalue weighted by Gasteiger charge is 2.26. The van der Waals surface area contributed by atoms with E-state index in [4.69, 9.17) is 14.2 Å². The third-order valence-corrected chi connectivity index (χ3v) is 4.94. The second kappa shape index (κ2) is 8.39. The predicted octanol–water partition coefficient (Wildman–Crippen LogP) is 4.27. The maximum atomic E-state index is 12.3. The van der Waals surface area contributed by atoms with E-state index < -0.39 is 5.97 Å². The summed E-state index contributed by atoms with van der Waals surface area (Å²) in [5, 5.41) is 0. The van der Waals surface area contributed by atoms with Gasteiger partial charge in [0, 0.05) is 12.4 Å². The summed E-state index contributed by atoms with van der Waals surface area (Å²) in [4.78, 5) is 21.1. The number of esters is 1. The summed E-state index contributed by atoms with van der Waals surface area (Å²) in [6.45, 7) is 0.362. The fourth-order valence-corrected chi connectivity index (χ4v) is 3.38. The number of imidazole rings is 1. The quantitative estimate of drug-likeness (QED) is 0.341. The zero-order valence-electron chi connectivity index (χ0n) is 17.3. The minimum Gasteiger partial charge on any atom is -0.496 e. The second-order valence-electron chi connectivity index (χ2n) is 7.09. The fraction of sp³-hybridized carbons (Fsp3) is 0.0800. The minimum atomic E-state index is -0.502. The molecule has 0 bridgehead atoms. The molecule has 0 spiro atoms. The van der Waals surface area contributed by atoms with E-state index in [1.807, 2.05) is 71.4 Å². The van der Waals surface area contributed by atoms with E-state index in [1.54, 1.807) is 25.3 Å². The summed E-state index contributed by atoms with van der Waals surface area (Å²) in [7, 11) is 1.56. The molecule has 0 atom stereocenters. The lowest BCUT2D eigenvalue weighted by molar-refractivity contribution is -0.129. The number of carbonyl (C=O) groups is 1. The smallest absolute Gasteiger partial charge is 0.363 e. The molecular weight excluding hydrogens is 406 g/mol. The van der Waals surface area contributed by atoms with Gasteiger partial charge in [0.2, 0.25) is 5.90 Å². The molecule has 7 nitrogen and oxygen atoms in total. The SMILES string of the molecule is COc1ccccc1C1=N/C(=C\c2ccc(OCc3cn4ccccc4n3)cc2)C(=O)O1. The van der Waals surface area contributed by atoms with Gasteiger partial charge in [-0.15, -0.1) is 0 Å². The average Bonchev–Trinajstić information content (AvgIpc) is 3.41. The molecule has 158 valence electrons. The van der Waals surface area contributed by atoms with Crippen LogP contribution in [-0.4, -0.2) is 28.4 Å². The number of fused-ring (bicyclic) bond motifs is 1. The van der Waals surface area contributed by atoms with Crippen LogP contribution in [0.4, 0.5) is 0 Å². The molecule has 5 rings (SSSR count). The van der Waals surface area contributed by atoms with Crippen molar-refractivity contribution in [3.05, 3.63) is 102 Å². The molecule has 2 aromatic carbocycles. The first-order valence-electron chi connectivity index (χ1n) is 10.0. The zero-order valence-corrected chi connectivity index (χ0v) is 17.3. The Morgan fingerprint density at radius 1 is 1.03 bits per heavy atom. The summed E-state index contributed by atoms with van der Waals surface area (Å²) >= 11 is 0. The first-order valence-corrected chi connectivity index (χ1v) is 10.0. The maximum absolute atomic E-state index is 12.3. The number of aliphatic imine (C=N–C) groups is 1. The molecule has 0 fully saturated rings. The molecule has 0 amide bonds. The molecule has 0 radical (unpaired) electrons. The first-order chi connectivity index (χ1) is 15.7. The van der Waals surface area contributed by atoms with Crippen molar-refractivity contribution in [2.75, 3.05) is 7.11 Å². The maximum Gasteiger partial charge on any atom is 0.363 e. The van der Waals surface area contributed by atoms with Crippen molar-refractivity contribution in [2.45, 2.75) is 6.61 Å². The number of hydrogen-bond donors (Lipinski definition) is 0. The third-order valence-electron chi connectivity index (χ3n) is 4.94.